The summed E-state index contributed by atoms with van der Waals surface area (Å²) >= 11 is 5.62. The largest absolute Gasteiger partial charge is 0.345 e. The molecular formula is C14H13ClN4O2. The fourth-order valence-corrected chi connectivity index (χ4v) is 1.73. The van der Waals surface area contributed by atoms with Crippen molar-refractivity contribution in [2.45, 2.75) is 0 Å². The Bertz CT molecular complexity index is 671. The molecule has 108 valence electrons. The van der Waals surface area contributed by atoms with Crippen molar-refractivity contribution in [2.75, 3.05) is 19.4 Å². The van der Waals surface area contributed by atoms with Crippen LogP contribution in [0.25, 0.3) is 0 Å². The predicted molar refractivity (Wildman–Crippen MR) is 79.5 cm³/mol. The van der Waals surface area contributed by atoms with Gasteiger partial charge in [-0.05, 0) is 12.1 Å². The van der Waals surface area contributed by atoms with Crippen LogP contribution in [0.3, 0.4) is 0 Å². The molecule has 0 aliphatic rings. The number of nitrogens with one attached hydrogen (secondary N) is 1. The first kappa shape index (κ1) is 14.9. The van der Waals surface area contributed by atoms with Crippen molar-refractivity contribution in [3.63, 3.8) is 0 Å². The van der Waals surface area contributed by atoms with Gasteiger partial charge < -0.3 is 10.2 Å². The lowest BCUT2D eigenvalue weighted by atomic mass is 10.1. The van der Waals surface area contributed by atoms with Gasteiger partial charge in [0.15, 0.2) is 0 Å². The minimum Gasteiger partial charge on any atom is -0.345 e. The quantitative estimate of drug-likeness (QED) is 0.942. The van der Waals surface area contributed by atoms with Gasteiger partial charge >= 0.3 is 0 Å². The Kier molecular flexibility index (Phi) is 4.49. The number of carbonyl (C=O) groups excluding carboxylic acids is 2. The number of anilines is 1. The Labute approximate surface area is 126 Å². The Balaban J connectivity index is 2.25. The van der Waals surface area contributed by atoms with Crippen LogP contribution in [0.4, 0.5) is 5.69 Å². The lowest BCUT2D eigenvalue weighted by Crippen LogP contribution is -2.24. The molecule has 0 radical (unpaired) electrons. The molecule has 0 fully saturated rings. The Morgan fingerprint density at radius 3 is 2.48 bits per heavy atom. The van der Waals surface area contributed by atoms with Crippen LogP contribution in [-0.2, 0) is 0 Å². The molecule has 0 atom stereocenters. The summed E-state index contributed by atoms with van der Waals surface area (Å²) in [6.45, 7) is 0. The van der Waals surface area contributed by atoms with E-state index in [1.165, 1.54) is 17.3 Å². The van der Waals surface area contributed by atoms with Crippen molar-refractivity contribution in [1.29, 1.82) is 0 Å². The number of aromatic nitrogens is 2. The third kappa shape index (κ3) is 3.55. The first-order chi connectivity index (χ1) is 9.99. The van der Waals surface area contributed by atoms with Crippen molar-refractivity contribution in [2.24, 2.45) is 0 Å². The monoisotopic (exact) mass is 304 g/mol. The molecule has 7 heteroatoms. The first-order valence-corrected chi connectivity index (χ1v) is 6.46. The average Bonchev–Trinajstić information content (AvgIpc) is 2.47. The molecule has 2 rings (SSSR count). The Hall–Kier alpha value is -2.47. The van der Waals surface area contributed by atoms with E-state index < -0.39 is 5.91 Å². The van der Waals surface area contributed by atoms with Crippen LogP contribution in [0.2, 0.25) is 5.15 Å². The molecule has 0 saturated heterocycles. The molecule has 0 aliphatic heterocycles. The highest BCUT2D eigenvalue weighted by Crippen LogP contribution is 2.17. The fraction of sp³-hybridized carbons (Fsp3) is 0.143. The summed E-state index contributed by atoms with van der Waals surface area (Å²) in [5.41, 5.74) is 0.933. The number of para-hydroxylation sites is 1. The number of hydrogen-bond donors (Lipinski definition) is 1. The molecule has 0 aliphatic carbocycles. The lowest BCUT2D eigenvalue weighted by molar-refractivity contribution is 0.0828. The first-order valence-electron chi connectivity index (χ1n) is 6.08. The zero-order chi connectivity index (χ0) is 15.4. The highest BCUT2D eigenvalue weighted by Gasteiger charge is 2.16. The molecule has 1 heterocycles. The summed E-state index contributed by atoms with van der Waals surface area (Å²) in [5.74, 6) is -0.661. The number of halogens is 1. The SMILES string of the molecule is CN(C)C(=O)c1ccccc1NC(=O)c1cnc(Cl)cn1. The maximum absolute atomic E-state index is 12.1. The topological polar surface area (TPSA) is 75.2 Å². The van der Waals surface area contributed by atoms with Crippen LogP contribution in [0.15, 0.2) is 36.7 Å². The zero-order valence-corrected chi connectivity index (χ0v) is 12.3. The minimum atomic E-state index is -0.460. The molecule has 1 aromatic carbocycles. The van der Waals surface area contributed by atoms with Crippen molar-refractivity contribution < 1.29 is 9.59 Å². The summed E-state index contributed by atoms with van der Waals surface area (Å²) in [7, 11) is 3.29. The van der Waals surface area contributed by atoms with Crippen LogP contribution in [0.1, 0.15) is 20.8 Å². The second kappa shape index (κ2) is 6.32. The molecule has 1 N–H and O–H groups in total. The van der Waals surface area contributed by atoms with Gasteiger partial charge in [0.25, 0.3) is 11.8 Å². The Morgan fingerprint density at radius 1 is 1.14 bits per heavy atom. The maximum atomic E-state index is 12.1. The van der Waals surface area contributed by atoms with Crippen LogP contribution in [-0.4, -0.2) is 40.8 Å². The number of rotatable bonds is 3. The smallest absolute Gasteiger partial charge is 0.275 e. The summed E-state index contributed by atoms with van der Waals surface area (Å²) in [6, 6.07) is 6.76. The van der Waals surface area contributed by atoms with E-state index in [1.54, 1.807) is 38.4 Å². The molecule has 21 heavy (non-hydrogen) atoms. The molecule has 1 aromatic heterocycles. The average molecular weight is 305 g/mol. The fourth-order valence-electron chi connectivity index (χ4n) is 1.64. The van der Waals surface area contributed by atoms with Gasteiger partial charge in [0, 0.05) is 14.1 Å². The third-order valence-electron chi connectivity index (χ3n) is 2.66. The molecule has 0 spiro atoms. The molecule has 6 nitrogen and oxygen atoms in total. The van der Waals surface area contributed by atoms with E-state index in [4.69, 9.17) is 11.6 Å². The van der Waals surface area contributed by atoms with E-state index >= 15 is 0 Å². The van der Waals surface area contributed by atoms with Gasteiger partial charge in [-0.15, -0.1) is 0 Å². The summed E-state index contributed by atoms with van der Waals surface area (Å²) in [4.78, 5) is 33.3. The van der Waals surface area contributed by atoms with E-state index in [-0.39, 0.29) is 16.8 Å². The normalized spacial score (nSPS) is 10.0. The minimum absolute atomic E-state index is 0.117. The third-order valence-corrected chi connectivity index (χ3v) is 2.86. The number of hydrogen-bond acceptors (Lipinski definition) is 4. The highest BCUT2D eigenvalue weighted by molar-refractivity contribution is 6.29. The number of carbonyl (C=O) groups is 2. The summed E-state index contributed by atoms with van der Waals surface area (Å²) < 4.78 is 0. The molecule has 0 unspecified atom stereocenters. The van der Waals surface area contributed by atoms with Crippen LogP contribution in [0, 0.1) is 0 Å². The molecule has 2 aromatic rings. The number of nitrogens with zero attached hydrogens (tertiary/aromatic N) is 3. The van der Waals surface area contributed by atoms with Gasteiger partial charge in [0.05, 0.1) is 23.6 Å². The van der Waals surface area contributed by atoms with Gasteiger partial charge in [0.1, 0.15) is 10.8 Å². The van der Waals surface area contributed by atoms with E-state index in [2.05, 4.69) is 15.3 Å². The van der Waals surface area contributed by atoms with Crippen LogP contribution in [0.5, 0.6) is 0 Å². The van der Waals surface area contributed by atoms with Gasteiger partial charge in [-0.1, -0.05) is 23.7 Å². The van der Waals surface area contributed by atoms with Gasteiger partial charge in [-0.3, -0.25) is 9.59 Å². The zero-order valence-electron chi connectivity index (χ0n) is 11.5. The van der Waals surface area contributed by atoms with Crippen LogP contribution < -0.4 is 5.32 Å². The second-order valence-electron chi connectivity index (χ2n) is 4.42. The summed E-state index contributed by atoms with van der Waals surface area (Å²) in [5, 5.41) is 2.85. The van der Waals surface area contributed by atoms with E-state index in [0.29, 0.717) is 11.3 Å². The maximum Gasteiger partial charge on any atom is 0.275 e. The summed E-state index contributed by atoms with van der Waals surface area (Å²) in [6.07, 6.45) is 2.56. The van der Waals surface area contributed by atoms with E-state index in [1.807, 2.05) is 0 Å². The number of amides is 2. The molecule has 0 bridgehead atoms. The van der Waals surface area contributed by atoms with Gasteiger partial charge in [-0.25, -0.2) is 9.97 Å². The molecular weight excluding hydrogens is 292 g/mol. The van der Waals surface area contributed by atoms with Gasteiger partial charge in [0.2, 0.25) is 0 Å². The van der Waals surface area contributed by atoms with Crippen LogP contribution >= 0.6 is 11.6 Å². The Morgan fingerprint density at radius 2 is 1.86 bits per heavy atom. The van der Waals surface area contributed by atoms with Crippen molar-refractivity contribution in [1.82, 2.24) is 14.9 Å². The van der Waals surface area contributed by atoms with Gasteiger partial charge in [-0.2, -0.15) is 0 Å². The van der Waals surface area contributed by atoms with E-state index in [0.717, 1.165) is 0 Å². The van der Waals surface area contributed by atoms with Crippen molar-refractivity contribution in [3.8, 4) is 0 Å². The lowest BCUT2D eigenvalue weighted by Gasteiger charge is -2.14. The highest BCUT2D eigenvalue weighted by atomic mass is 35.5. The van der Waals surface area contributed by atoms with Crippen molar-refractivity contribution >= 4 is 29.1 Å². The molecule has 0 saturated carbocycles. The molecule has 2 amide bonds. The second-order valence-corrected chi connectivity index (χ2v) is 4.81. The number of benzene rings is 1. The van der Waals surface area contributed by atoms with E-state index in [9.17, 15) is 9.59 Å². The van der Waals surface area contributed by atoms with Crippen molar-refractivity contribution in [3.05, 3.63) is 53.1 Å². The standard InChI is InChI=1S/C14H13ClN4O2/c1-19(2)14(21)9-5-3-4-6-10(9)18-13(20)11-7-17-12(15)8-16-11/h3-8H,1-2H3,(H,18,20). The predicted octanol–water partition coefficient (Wildman–Crippen LogP) is 2.08.